The van der Waals surface area contributed by atoms with Crippen molar-refractivity contribution in [2.75, 3.05) is 19.7 Å². The van der Waals surface area contributed by atoms with E-state index in [9.17, 15) is 9.59 Å². The molecule has 0 aliphatic carbocycles. The number of aromatic amines is 1. The zero-order valence-corrected chi connectivity index (χ0v) is 14.8. The number of rotatable bonds is 7. The molecule has 2 heterocycles. The summed E-state index contributed by atoms with van der Waals surface area (Å²) in [5.41, 5.74) is 3.16. The summed E-state index contributed by atoms with van der Waals surface area (Å²) in [6.07, 6.45) is 1.75. The van der Waals surface area contributed by atoms with Crippen LogP contribution in [-0.2, 0) is 18.3 Å². The maximum Gasteiger partial charge on any atom is 0.273 e. The Labute approximate surface area is 141 Å². The van der Waals surface area contributed by atoms with Crippen LogP contribution in [-0.4, -0.2) is 50.4 Å². The molecule has 0 atom stereocenters. The summed E-state index contributed by atoms with van der Waals surface area (Å²) < 4.78 is 1.62. The van der Waals surface area contributed by atoms with E-state index in [2.05, 4.69) is 10.1 Å². The minimum Gasteiger partial charge on any atom is -0.395 e. The van der Waals surface area contributed by atoms with Gasteiger partial charge in [0.1, 0.15) is 0 Å². The van der Waals surface area contributed by atoms with E-state index in [-0.39, 0.29) is 18.1 Å². The molecule has 2 rings (SSSR count). The fraction of sp³-hybridized carbons (Fsp3) is 0.588. The minimum absolute atomic E-state index is 0.0202. The molecule has 0 bridgehead atoms. The maximum absolute atomic E-state index is 12.4. The van der Waals surface area contributed by atoms with Gasteiger partial charge in [-0.25, -0.2) is 4.98 Å². The summed E-state index contributed by atoms with van der Waals surface area (Å²) in [6.45, 7) is 6.79. The minimum atomic E-state index is -0.155. The number of pyridine rings is 1. The normalized spacial score (nSPS) is 11.2. The van der Waals surface area contributed by atoms with Crippen LogP contribution in [0.5, 0.6) is 0 Å². The first kappa shape index (κ1) is 18.2. The van der Waals surface area contributed by atoms with Crippen LogP contribution in [0, 0.1) is 13.8 Å². The predicted octanol–water partition coefficient (Wildman–Crippen LogP) is 1.04. The van der Waals surface area contributed by atoms with Crippen molar-refractivity contribution < 1.29 is 9.90 Å². The Bertz CT molecular complexity index is 785. The number of hydrogen-bond donors (Lipinski definition) is 2. The molecule has 0 aliphatic rings. The van der Waals surface area contributed by atoms with Gasteiger partial charge in [-0.15, -0.1) is 0 Å². The maximum atomic E-state index is 12.4. The molecule has 0 fully saturated rings. The van der Waals surface area contributed by atoms with Crippen molar-refractivity contribution in [3.05, 3.63) is 27.2 Å². The van der Waals surface area contributed by atoms with Gasteiger partial charge in [0.05, 0.1) is 12.0 Å². The monoisotopic (exact) mass is 334 g/mol. The summed E-state index contributed by atoms with van der Waals surface area (Å²) >= 11 is 0. The van der Waals surface area contributed by atoms with Crippen molar-refractivity contribution in [2.24, 2.45) is 7.05 Å². The van der Waals surface area contributed by atoms with Crippen LogP contribution in [0.2, 0.25) is 0 Å². The number of hydrogen-bond acceptors (Lipinski definition) is 4. The van der Waals surface area contributed by atoms with Gasteiger partial charge in [0.2, 0.25) is 5.91 Å². The van der Waals surface area contributed by atoms with E-state index in [4.69, 9.17) is 5.11 Å². The molecule has 2 aromatic heterocycles. The molecule has 2 aromatic rings. The van der Waals surface area contributed by atoms with Crippen LogP contribution in [0.3, 0.4) is 0 Å². The van der Waals surface area contributed by atoms with Crippen LogP contribution >= 0.6 is 0 Å². The third-order valence-electron chi connectivity index (χ3n) is 4.38. The van der Waals surface area contributed by atoms with E-state index in [0.717, 1.165) is 23.2 Å². The van der Waals surface area contributed by atoms with E-state index in [1.807, 2.05) is 20.8 Å². The number of aryl methyl sites for hydroxylation is 3. The Morgan fingerprint density at radius 3 is 2.67 bits per heavy atom. The first-order valence-electron chi connectivity index (χ1n) is 8.34. The second-order valence-electron chi connectivity index (χ2n) is 6.10. The number of carbonyl (C=O) groups excluding carboxylic acids is 1. The standard InChI is InChI=1S/C17H26N4O3/c1-5-8-21(9-10-22)14(23)7-6-13-11(2)15-16(18-12(13)3)20(4)19-17(15)24/h22H,5-10H2,1-4H3,(H,19,24). The summed E-state index contributed by atoms with van der Waals surface area (Å²) in [4.78, 5) is 30.7. The molecule has 0 saturated carbocycles. The van der Waals surface area contributed by atoms with Crippen molar-refractivity contribution >= 4 is 16.9 Å². The number of nitrogens with zero attached hydrogens (tertiary/aromatic N) is 3. The van der Waals surface area contributed by atoms with Gasteiger partial charge in [-0.3, -0.25) is 19.4 Å². The van der Waals surface area contributed by atoms with Crippen LogP contribution in [0.15, 0.2) is 4.79 Å². The van der Waals surface area contributed by atoms with Crippen LogP contribution in [0.1, 0.15) is 36.6 Å². The Hall–Kier alpha value is -2.15. The molecule has 24 heavy (non-hydrogen) atoms. The summed E-state index contributed by atoms with van der Waals surface area (Å²) in [5.74, 6) is 0.0202. The Morgan fingerprint density at radius 2 is 2.04 bits per heavy atom. The van der Waals surface area contributed by atoms with Gasteiger partial charge >= 0.3 is 0 Å². The molecule has 0 unspecified atom stereocenters. The van der Waals surface area contributed by atoms with E-state index < -0.39 is 0 Å². The average Bonchev–Trinajstić information content (AvgIpc) is 2.80. The molecule has 7 nitrogen and oxygen atoms in total. The zero-order chi connectivity index (χ0) is 17.9. The third-order valence-corrected chi connectivity index (χ3v) is 4.38. The van der Waals surface area contributed by atoms with Crippen LogP contribution in [0.4, 0.5) is 0 Å². The molecule has 0 aliphatic heterocycles. The van der Waals surface area contributed by atoms with Gasteiger partial charge in [0.25, 0.3) is 5.56 Å². The summed E-state index contributed by atoms with van der Waals surface area (Å²) in [5, 5.41) is 12.4. The van der Waals surface area contributed by atoms with Crippen LogP contribution in [0.25, 0.3) is 11.0 Å². The first-order valence-corrected chi connectivity index (χ1v) is 8.34. The Morgan fingerprint density at radius 1 is 1.33 bits per heavy atom. The second kappa shape index (κ2) is 7.61. The molecular weight excluding hydrogens is 308 g/mol. The van der Waals surface area contributed by atoms with Crippen LogP contribution < -0.4 is 5.56 Å². The largest absolute Gasteiger partial charge is 0.395 e. The van der Waals surface area contributed by atoms with Gasteiger partial charge < -0.3 is 10.0 Å². The summed E-state index contributed by atoms with van der Waals surface area (Å²) in [7, 11) is 1.76. The van der Waals surface area contributed by atoms with Crippen molar-refractivity contribution in [3.63, 3.8) is 0 Å². The van der Waals surface area contributed by atoms with E-state index in [0.29, 0.717) is 37.0 Å². The van der Waals surface area contributed by atoms with Gasteiger partial charge in [0, 0.05) is 32.3 Å². The molecule has 0 radical (unpaired) electrons. The number of fused-ring (bicyclic) bond motifs is 1. The molecule has 132 valence electrons. The highest BCUT2D eigenvalue weighted by Crippen LogP contribution is 2.21. The highest BCUT2D eigenvalue weighted by atomic mass is 16.3. The van der Waals surface area contributed by atoms with Crippen molar-refractivity contribution in [1.29, 1.82) is 0 Å². The lowest BCUT2D eigenvalue weighted by atomic mass is 10.00. The molecule has 0 spiro atoms. The number of H-pyrrole nitrogens is 1. The van der Waals surface area contributed by atoms with Crippen molar-refractivity contribution in [2.45, 2.75) is 40.0 Å². The topological polar surface area (TPSA) is 91.2 Å². The lowest BCUT2D eigenvalue weighted by molar-refractivity contribution is -0.131. The molecule has 2 N–H and O–H groups in total. The number of carbonyl (C=O) groups is 1. The lowest BCUT2D eigenvalue weighted by Crippen LogP contribution is -2.34. The van der Waals surface area contributed by atoms with Crippen molar-refractivity contribution in [3.8, 4) is 0 Å². The van der Waals surface area contributed by atoms with E-state index in [1.165, 1.54) is 0 Å². The highest BCUT2D eigenvalue weighted by molar-refractivity contribution is 5.81. The van der Waals surface area contributed by atoms with Crippen molar-refractivity contribution in [1.82, 2.24) is 19.7 Å². The lowest BCUT2D eigenvalue weighted by Gasteiger charge is -2.21. The fourth-order valence-corrected chi connectivity index (χ4v) is 3.16. The number of amides is 1. The smallest absolute Gasteiger partial charge is 0.273 e. The van der Waals surface area contributed by atoms with E-state index in [1.54, 1.807) is 16.6 Å². The second-order valence-corrected chi connectivity index (χ2v) is 6.10. The SMILES string of the molecule is CCCN(CCO)C(=O)CCc1c(C)nc2c(c1C)c(=O)[nH]n2C. The summed E-state index contributed by atoms with van der Waals surface area (Å²) in [6, 6.07) is 0. The molecule has 7 heteroatoms. The first-order chi connectivity index (χ1) is 11.4. The Kier molecular flexibility index (Phi) is 5.77. The van der Waals surface area contributed by atoms with Gasteiger partial charge in [0.15, 0.2) is 5.65 Å². The number of nitrogens with one attached hydrogen (secondary N) is 1. The molecule has 0 saturated heterocycles. The molecule has 0 aromatic carbocycles. The highest BCUT2D eigenvalue weighted by Gasteiger charge is 2.17. The Balaban J connectivity index is 2.25. The van der Waals surface area contributed by atoms with Gasteiger partial charge in [-0.2, -0.15) is 0 Å². The third kappa shape index (κ3) is 3.51. The predicted molar refractivity (Wildman–Crippen MR) is 93.1 cm³/mol. The van der Waals surface area contributed by atoms with Gasteiger partial charge in [-0.1, -0.05) is 6.92 Å². The zero-order valence-electron chi connectivity index (χ0n) is 14.8. The quantitative estimate of drug-likeness (QED) is 0.791. The number of aliphatic hydroxyl groups excluding tert-OH is 1. The van der Waals surface area contributed by atoms with Gasteiger partial charge in [-0.05, 0) is 37.8 Å². The van der Waals surface area contributed by atoms with E-state index >= 15 is 0 Å². The average molecular weight is 334 g/mol. The fourth-order valence-electron chi connectivity index (χ4n) is 3.16. The molecule has 1 amide bonds. The number of aromatic nitrogens is 3. The number of aliphatic hydroxyl groups is 1. The molecular formula is C17H26N4O3.